The Kier molecular flexibility index (Phi) is 6.57. The van der Waals surface area contributed by atoms with Gasteiger partial charge in [0.2, 0.25) is 0 Å². The molecule has 1 amide bonds. The number of rotatable bonds is 5. The maximum absolute atomic E-state index is 12.5. The van der Waals surface area contributed by atoms with E-state index in [1.807, 2.05) is 17.0 Å². The second-order valence-electron chi connectivity index (χ2n) is 8.55. The number of likely N-dealkylation sites (N-methyl/N-ethyl adjacent to an activating group) is 1. The van der Waals surface area contributed by atoms with Crippen LogP contribution in [-0.4, -0.2) is 71.9 Å². The van der Waals surface area contributed by atoms with E-state index in [1.165, 1.54) is 24.2 Å². The number of aromatic nitrogens is 1. The van der Waals surface area contributed by atoms with Crippen molar-refractivity contribution in [3.05, 3.63) is 65.5 Å². The molecular weight excluding hydrogens is 360 g/mol. The summed E-state index contributed by atoms with van der Waals surface area (Å²) < 4.78 is 0. The number of likely N-dealkylation sites (tertiary alicyclic amines) is 1. The number of hydrogen-bond acceptors (Lipinski definition) is 4. The number of piperidine rings is 1. The third-order valence-electron chi connectivity index (χ3n) is 6.34. The lowest BCUT2D eigenvalue weighted by atomic mass is 9.90. The molecule has 2 saturated heterocycles. The van der Waals surface area contributed by atoms with E-state index >= 15 is 0 Å². The van der Waals surface area contributed by atoms with Crippen LogP contribution in [0.5, 0.6) is 0 Å². The van der Waals surface area contributed by atoms with Gasteiger partial charge in [0, 0.05) is 52.0 Å². The van der Waals surface area contributed by atoms with Crippen LogP contribution in [0.1, 0.15) is 34.5 Å². The minimum absolute atomic E-state index is 0.0670. The van der Waals surface area contributed by atoms with Gasteiger partial charge in [-0.05, 0) is 55.5 Å². The number of pyridine rings is 1. The molecule has 0 unspecified atom stereocenters. The predicted octanol–water partition coefficient (Wildman–Crippen LogP) is 2.92. The number of carbonyl (C=O) groups excluding carboxylic acids is 1. The summed E-state index contributed by atoms with van der Waals surface area (Å²) in [5.41, 5.74) is 3.39. The summed E-state index contributed by atoms with van der Waals surface area (Å²) >= 11 is 0. The molecule has 0 saturated carbocycles. The Labute approximate surface area is 174 Å². The number of benzene rings is 1. The normalized spacial score (nSPS) is 19.4. The van der Waals surface area contributed by atoms with Crippen molar-refractivity contribution in [1.29, 1.82) is 0 Å². The van der Waals surface area contributed by atoms with E-state index in [2.05, 4.69) is 46.1 Å². The molecule has 2 fully saturated rings. The van der Waals surface area contributed by atoms with Gasteiger partial charge in [-0.3, -0.25) is 14.7 Å². The molecule has 154 valence electrons. The monoisotopic (exact) mass is 392 g/mol. The van der Waals surface area contributed by atoms with Crippen LogP contribution in [0, 0.1) is 5.92 Å². The molecule has 29 heavy (non-hydrogen) atoms. The molecule has 0 spiro atoms. The highest BCUT2D eigenvalue weighted by molar-refractivity contribution is 5.92. The van der Waals surface area contributed by atoms with Crippen LogP contribution >= 0.6 is 0 Å². The summed E-state index contributed by atoms with van der Waals surface area (Å²) in [6.45, 7) is 7.38. The molecule has 5 heteroatoms. The molecule has 1 aromatic heterocycles. The number of nitrogens with zero attached hydrogens (tertiary/aromatic N) is 4. The molecule has 2 aromatic rings. The summed E-state index contributed by atoms with van der Waals surface area (Å²) in [7, 11) is 2.20. The first-order valence-electron chi connectivity index (χ1n) is 10.9. The largest absolute Gasteiger partial charge is 0.337 e. The molecule has 3 heterocycles. The number of hydrogen-bond donors (Lipinski definition) is 0. The van der Waals surface area contributed by atoms with Gasteiger partial charge in [0.25, 0.3) is 5.91 Å². The molecular formula is C24H32N4O. The van der Waals surface area contributed by atoms with E-state index in [0.29, 0.717) is 11.6 Å². The average molecular weight is 393 g/mol. The molecule has 0 atom stereocenters. The molecule has 2 aliphatic heterocycles. The van der Waals surface area contributed by atoms with E-state index in [4.69, 9.17) is 0 Å². The zero-order valence-electron chi connectivity index (χ0n) is 17.5. The smallest absolute Gasteiger partial charge is 0.272 e. The van der Waals surface area contributed by atoms with Crippen LogP contribution in [0.2, 0.25) is 0 Å². The Hall–Kier alpha value is -2.24. The van der Waals surface area contributed by atoms with Crippen LogP contribution < -0.4 is 0 Å². The Morgan fingerprint density at radius 1 is 0.931 bits per heavy atom. The van der Waals surface area contributed by atoms with Gasteiger partial charge in [-0.2, -0.15) is 0 Å². The van der Waals surface area contributed by atoms with Crippen molar-refractivity contribution in [3.8, 4) is 0 Å². The van der Waals surface area contributed by atoms with Gasteiger partial charge < -0.3 is 9.80 Å². The number of carbonyl (C=O) groups is 1. The van der Waals surface area contributed by atoms with Crippen molar-refractivity contribution in [2.24, 2.45) is 5.92 Å². The second-order valence-corrected chi connectivity index (χ2v) is 8.55. The topological polar surface area (TPSA) is 39.7 Å². The van der Waals surface area contributed by atoms with Crippen molar-refractivity contribution in [2.45, 2.75) is 25.8 Å². The van der Waals surface area contributed by atoms with Crippen molar-refractivity contribution in [2.75, 3.05) is 46.3 Å². The third-order valence-corrected chi connectivity index (χ3v) is 6.34. The van der Waals surface area contributed by atoms with Gasteiger partial charge in [0.1, 0.15) is 5.69 Å². The molecule has 2 aliphatic rings. The summed E-state index contributed by atoms with van der Waals surface area (Å²) in [5, 5.41) is 0. The lowest BCUT2D eigenvalue weighted by Gasteiger charge is -2.32. The molecule has 4 rings (SSSR count). The zero-order chi connectivity index (χ0) is 20.1. The summed E-state index contributed by atoms with van der Waals surface area (Å²) in [6, 6.07) is 14.7. The molecule has 0 aliphatic carbocycles. The Morgan fingerprint density at radius 3 is 2.28 bits per heavy atom. The molecule has 0 N–H and O–H groups in total. The van der Waals surface area contributed by atoms with Crippen molar-refractivity contribution >= 4 is 5.91 Å². The van der Waals surface area contributed by atoms with E-state index in [0.717, 1.165) is 52.0 Å². The first-order valence-corrected chi connectivity index (χ1v) is 10.9. The summed E-state index contributed by atoms with van der Waals surface area (Å²) in [5.74, 6) is 0.726. The van der Waals surface area contributed by atoms with E-state index in [9.17, 15) is 4.79 Å². The van der Waals surface area contributed by atoms with Crippen molar-refractivity contribution < 1.29 is 4.79 Å². The van der Waals surface area contributed by atoms with Crippen LogP contribution in [0.25, 0.3) is 0 Å². The lowest BCUT2D eigenvalue weighted by molar-refractivity contribution is 0.0684. The SMILES string of the molecule is CN1CCN(Cc2ccc(CC3CCN(C(=O)c4ccccn4)CC3)cc2)CC1. The highest BCUT2D eigenvalue weighted by Gasteiger charge is 2.24. The fourth-order valence-electron chi connectivity index (χ4n) is 4.37. The van der Waals surface area contributed by atoms with Gasteiger partial charge in [0.05, 0.1) is 0 Å². The number of amides is 1. The van der Waals surface area contributed by atoms with Crippen LogP contribution in [0.15, 0.2) is 48.7 Å². The van der Waals surface area contributed by atoms with E-state index in [1.54, 1.807) is 12.3 Å². The standard InChI is InChI=1S/C24H32N4O/c1-26-14-16-27(17-15-26)19-22-7-5-20(6-8-22)18-21-9-12-28(13-10-21)24(29)23-4-2-3-11-25-23/h2-8,11,21H,9-10,12-19H2,1H3. The van der Waals surface area contributed by atoms with Crippen LogP contribution in [0.4, 0.5) is 0 Å². The lowest BCUT2D eigenvalue weighted by Crippen LogP contribution is -2.43. The predicted molar refractivity (Wildman–Crippen MR) is 116 cm³/mol. The Morgan fingerprint density at radius 2 is 1.62 bits per heavy atom. The second kappa shape index (κ2) is 9.51. The van der Waals surface area contributed by atoms with E-state index < -0.39 is 0 Å². The van der Waals surface area contributed by atoms with Crippen LogP contribution in [0.3, 0.4) is 0 Å². The summed E-state index contributed by atoms with van der Waals surface area (Å²) in [6.07, 6.45) is 4.94. The Balaban J connectivity index is 1.24. The molecule has 0 radical (unpaired) electrons. The minimum Gasteiger partial charge on any atom is -0.337 e. The Bertz CT molecular complexity index is 776. The molecule has 0 bridgehead atoms. The van der Waals surface area contributed by atoms with Crippen molar-refractivity contribution in [3.63, 3.8) is 0 Å². The van der Waals surface area contributed by atoms with Crippen molar-refractivity contribution in [1.82, 2.24) is 19.7 Å². The quantitative estimate of drug-likeness (QED) is 0.784. The third kappa shape index (κ3) is 5.43. The van der Waals surface area contributed by atoms with Gasteiger partial charge >= 0.3 is 0 Å². The van der Waals surface area contributed by atoms with Gasteiger partial charge in [-0.1, -0.05) is 30.3 Å². The fourth-order valence-corrected chi connectivity index (χ4v) is 4.37. The summed E-state index contributed by atoms with van der Waals surface area (Å²) in [4.78, 5) is 23.6. The minimum atomic E-state index is 0.0670. The molecule has 1 aromatic carbocycles. The van der Waals surface area contributed by atoms with Gasteiger partial charge in [-0.25, -0.2) is 0 Å². The fraction of sp³-hybridized carbons (Fsp3) is 0.500. The van der Waals surface area contributed by atoms with Gasteiger partial charge in [-0.15, -0.1) is 0 Å². The first kappa shape index (κ1) is 20.0. The highest BCUT2D eigenvalue weighted by Crippen LogP contribution is 2.23. The van der Waals surface area contributed by atoms with Gasteiger partial charge in [0.15, 0.2) is 0 Å². The number of piperazine rings is 1. The molecule has 5 nitrogen and oxygen atoms in total. The maximum atomic E-state index is 12.5. The highest BCUT2D eigenvalue weighted by atomic mass is 16.2. The van der Waals surface area contributed by atoms with Crippen LogP contribution in [-0.2, 0) is 13.0 Å². The average Bonchev–Trinajstić information content (AvgIpc) is 2.77. The van der Waals surface area contributed by atoms with E-state index in [-0.39, 0.29) is 5.91 Å². The first-order chi connectivity index (χ1) is 14.2. The zero-order valence-corrected chi connectivity index (χ0v) is 17.5. The maximum Gasteiger partial charge on any atom is 0.272 e.